The molecule has 0 aromatic carbocycles. The summed E-state index contributed by atoms with van der Waals surface area (Å²) >= 11 is 3.32. The molecule has 3 N–H and O–H groups in total. The van der Waals surface area contributed by atoms with Crippen LogP contribution in [-0.4, -0.2) is 27.0 Å². The number of pyridine rings is 1. The summed E-state index contributed by atoms with van der Waals surface area (Å²) in [7, 11) is 0. The van der Waals surface area contributed by atoms with Gasteiger partial charge in [0.15, 0.2) is 6.61 Å². The van der Waals surface area contributed by atoms with Crippen molar-refractivity contribution < 1.29 is 23.9 Å². The molecule has 9 heteroatoms. The van der Waals surface area contributed by atoms with Crippen molar-refractivity contribution in [1.82, 2.24) is 4.57 Å². The smallest absolute Gasteiger partial charge is 0.417 e. The molecule has 3 aliphatic carbocycles. The fraction of sp³-hybridized carbons (Fsp3) is 0.565. The van der Waals surface area contributed by atoms with Crippen LogP contribution in [0.2, 0.25) is 0 Å². The summed E-state index contributed by atoms with van der Waals surface area (Å²) in [6, 6.07) is 0. The zero-order valence-corrected chi connectivity index (χ0v) is 19.5. The third kappa shape index (κ3) is 5.60. The first kappa shape index (κ1) is 23.0. The maximum absolute atomic E-state index is 15.3. The molecule has 1 aromatic heterocycles. The van der Waals surface area contributed by atoms with Crippen LogP contribution in [0.15, 0.2) is 34.7 Å². The highest BCUT2D eigenvalue weighted by Gasteiger charge is 2.28. The first-order chi connectivity index (χ1) is 15.4. The van der Waals surface area contributed by atoms with Gasteiger partial charge in [0.1, 0.15) is 17.1 Å². The second kappa shape index (κ2) is 10.2. The molecule has 32 heavy (non-hydrogen) atoms. The Morgan fingerprint density at radius 3 is 2.66 bits per heavy atom. The summed E-state index contributed by atoms with van der Waals surface area (Å²) in [6.07, 6.45) is 12.4. The number of nitrogens with zero attached hydrogens (tertiary/aromatic N) is 1. The maximum Gasteiger partial charge on any atom is 0.417 e. The van der Waals surface area contributed by atoms with Gasteiger partial charge in [-0.05, 0) is 50.0 Å². The van der Waals surface area contributed by atoms with E-state index in [-0.39, 0.29) is 27.7 Å². The second-order valence-corrected chi connectivity index (χ2v) is 10.1. The minimum atomic E-state index is -1.07. The molecule has 0 radical (unpaired) electrons. The predicted octanol–water partition coefficient (Wildman–Crippen LogP) is 3.61. The largest absolute Gasteiger partial charge is 0.457 e. The highest BCUT2D eigenvalue weighted by Crippen LogP contribution is 2.29. The van der Waals surface area contributed by atoms with Crippen LogP contribution in [-0.2, 0) is 11.4 Å². The average Bonchev–Trinajstić information content (AvgIpc) is 3.60. The van der Waals surface area contributed by atoms with Gasteiger partial charge in [0.2, 0.25) is 5.82 Å². The highest BCUT2D eigenvalue weighted by molar-refractivity contribution is 9.09. The number of aliphatic hydroxyl groups excluding tert-OH is 1. The van der Waals surface area contributed by atoms with Gasteiger partial charge in [0.25, 0.3) is 5.56 Å². The number of rotatable bonds is 8. The van der Waals surface area contributed by atoms with Crippen LogP contribution in [0.1, 0.15) is 56.9 Å². The Bertz CT molecular complexity index is 995. The summed E-state index contributed by atoms with van der Waals surface area (Å²) in [6.45, 7) is 0.799. The van der Waals surface area contributed by atoms with Crippen LogP contribution in [0.4, 0.5) is 14.5 Å². The van der Waals surface area contributed by atoms with E-state index in [1.165, 1.54) is 23.3 Å². The molecule has 1 unspecified atom stereocenters. The van der Waals surface area contributed by atoms with Gasteiger partial charge in [-0.2, -0.15) is 4.39 Å². The van der Waals surface area contributed by atoms with Gasteiger partial charge in [-0.1, -0.05) is 41.3 Å². The Balaban J connectivity index is 1.66. The molecule has 0 amide bonds. The van der Waals surface area contributed by atoms with Gasteiger partial charge < -0.3 is 15.0 Å². The van der Waals surface area contributed by atoms with E-state index in [0.717, 1.165) is 38.5 Å². The van der Waals surface area contributed by atoms with Crippen LogP contribution >= 0.6 is 15.9 Å². The van der Waals surface area contributed by atoms with Crippen molar-refractivity contribution in [3.8, 4) is 0 Å². The lowest BCUT2D eigenvalue weighted by Gasteiger charge is -2.23. The highest BCUT2D eigenvalue weighted by atomic mass is 79.9. The van der Waals surface area contributed by atoms with E-state index >= 15 is 4.39 Å². The van der Waals surface area contributed by atoms with E-state index in [2.05, 4.69) is 26.4 Å². The van der Waals surface area contributed by atoms with Gasteiger partial charge in [-0.3, -0.25) is 9.63 Å². The van der Waals surface area contributed by atoms with Gasteiger partial charge in [0.05, 0.1) is 5.70 Å². The van der Waals surface area contributed by atoms with Crippen molar-refractivity contribution in [3.05, 3.63) is 51.6 Å². The molecule has 4 rings (SSSR count). The van der Waals surface area contributed by atoms with Crippen molar-refractivity contribution >= 4 is 27.5 Å². The molecule has 3 aliphatic rings. The summed E-state index contributed by atoms with van der Waals surface area (Å²) in [5.41, 5.74) is -1.01. The zero-order valence-electron chi connectivity index (χ0n) is 17.9. The molecule has 1 heterocycles. The third-order valence-corrected chi connectivity index (χ3v) is 6.87. The Labute approximate surface area is 194 Å². The first-order valence-corrected chi connectivity index (χ1v) is 12.2. The zero-order chi connectivity index (χ0) is 22.7. The van der Waals surface area contributed by atoms with Crippen LogP contribution in [0, 0.1) is 17.7 Å². The molecular weight excluding hydrogens is 484 g/mol. The number of allylic oxidation sites excluding steroid dienone is 3. The molecule has 2 fully saturated rings. The normalized spacial score (nSPS) is 22.3. The number of hydrogen-bond acceptors (Lipinski definition) is 3. The molecule has 0 bridgehead atoms. The number of aliphatic hydroxyl groups is 1. The number of hydrogen-bond donors (Lipinski definition) is 3. The van der Waals surface area contributed by atoms with Gasteiger partial charge in [-0.15, -0.1) is 0 Å². The van der Waals surface area contributed by atoms with Crippen LogP contribution < -0.4 is 16.0 Å². The summed E-state index contributed by atoms with van der Waals surface area (Å²) < 4.78 is 31.0. The number of halogens is 3. The molecular formula is C23H29BrF2N3O3+. The SMILES string of the molecule is O=c1c(F)c(NC2=CCC(Br)C=C2F)c(C(O)=[NH+]OCC2CC2)cn1CC1CCCCC1. The lowest BCUT2D eigenvalue weighted by Crippen LogP contribution is -2.72. The molecule has 2 saturated carbocycles. The van der Waals surface area contributed by atoms with Crippen molar-refractivity contribution in [2.75, 3.05) is 11.9 Å². The molecule has 0 aliphatic heterocycles. The molecule has 0 spiro atoms. The molecule has 1 aromatic rings. The topological polar surface area (TPSA) is 77.5 Å². The van der Waals surface area contributed by atoms with Crippen LogP contribution in [0.3, 0.4) is 0 Å². The van der Waals surface area contributed by atoms with E-state index in [4.69, 9.17) is 4.84 Å². The fourth-order valence-corrected chi connectivity index (χ4v) is 4.59. The molecule has 174 valence electrons. The van der Waals surface area contributed by atoms with Crippen LogP contribution in [0.5, 0.6) is 0 Å². The number of aromatic nitrogens is 1. The summed E-state index contributed by atoms with van der Waals surface area (Å²) in [5.74, 6) is -1.32. The first-order valence-electron chi connectivity index (χ1n) is 11.3. The van der Waals surface area contributed by atoms with E-state index in [1.807, 2.05) is 0 Å². The van der Waals surface area contributed by atoms with E-state index < -0.39 is 23.1 Å². The quantitative estimate of drug-likeness (QED) is 0.215. The maximum atomic E-state index is 15.3. The van der Waals surface area contributed by atoms with E-state index in [0.29, 0.717) is 25.5 Å². The predicted molar refractivity (Wildman–Crippen MR) is 122 cm³/mol. The third-order valence-electron chi connectivity index (χ3n) is 6.23. The van der Waals surface area contributed by atoms with Crippen molar-refractivity contribution in [1.29, 1.82) is 0 Å². The molecule has 6 nitrogen and oxygen atoms in total. The second-order valence-electron chi connectivity index (χ2n) is 8.91. The van der Waals surface area contributed by atoms with E-state index in [1.54, 1.807) is 6.08 Å². The number of anilines is 1. The molecule has 0 saturated heterocycles. The monoisotopic (exact) mass is 512 g/mol. The Morgan fingerprint density at radius 1 is 1.22 bits per heavy atom. The Morgan fingerprint density at radius 2 is 1.97 bits per heavy atom. The van der Waals surface area contributed by atoms with Crippen molar-refractivity contribution in [2.45, 2.75) is 62.7 Å². The number of alkyl halides is 1. The van der Waals surface area contributed by atoms with Crippen molar-refractivity contribution in [2.24, 2.45) is 11.8 Å². The Hall–Kier alpha value is -2.16. The minimum absolute atomic E-state index is 0.0170. The van der Waals surface area contributed by atoms with Gasteiger partial charge in [0, 0.05) is 22.7 Å². The minimum Gasteiger partial charge on any atom is -0.457 e. The lowest BCUT2D eigenvalue weighted by molar-refractivity contribution is -0.758. The lowest BCUT2D eigenvalue weighted by atomic mass is 9.89. The summed E-state index contributed by atoms with van der Waals surface area (Å²) in [4.78, 5) is 18.0. The summed E-state index contributed by atoms with van der Waals surface area (Å²) in [5, 5.41) is 15.8. The van der Waals surface area contributed by atoms with Gasteiger partial charge >= 0.3 is 5.90 Å². The average molecular weight is 513 g/mol. The van der Waals surface area contributed by atoms with Crippen molar-refractivity contribution in [3.63, 3.8) is 0 Å². The Kier molecular flexibility index (Phi) is 7.33. The van der Waals surface area contributed by atoms with Gasteiger partial charge in [-0.25, -0.2) is 4.39 Å². The fourth-order valence-electron chi connectivity index (χ4n) is 4.17. The molecule has 1 atom stereocenters. The van der Waals surface area contributed by atoms with E-state index in [9.17, 15) is 14.3 Å². The van der Waals surface area contributed by atoms with Crippen LogP contribution in [0.25, 0.3) is 0 Å². The standard InChI is InChI=1S/C23H28BrF2N3O3/c24-16-8-9-19(18(25)10-16)27-21-17(22(30)28-32-13-15-6-7-15)12-29(23(31)20(21)26)11-14-4-2-1-3-5-14/h9-10,12,14-16,27H,1-8,11,13H2,(H,28,30)/p+1. The number of nitrogens with one attached hydrogen (secondary N) is 2.